The molecule has 0 spiro atoms. The zero-order chi connectivity index (χ0) is 16.0. The number of nitrogens with zero attached hydrogens (tertiary/aromatic N) is 2. The van der Waals surface area contributed by atoms with E-state index in [4.69, 9.17) is 11.6 Å². The monoisotopic (exact) mass is 324 g/mol. The van der Waals surface area contributed by atoms with Crippen molar-refractivity contribution in [3.05, 3.63) is 69.2 Å². The van der Waals surface area contributed by atoms with Crippen molar-refractivity contribution in [1.29, 1.82) is 0 Å². The number of halogens is 1. The van der Waals surface area contributed by atoms with Crippen molar-refractivity contribution in [2.45, 2.75) is 13.0 Å². The van der Waals surface area contributed by atoms with E-state index in [-0.39, 0.29) is 11.3 Å². The summed E-state index contributed by atoms with van der Waals surface area (Å²) >= 11 is 6.01. The van der Waals surface area contributed by atoms with Crippen LogP contribution in [0.2, 0.25) is 5.02 Å². The predicted molar refractivity (Wildman–Crippen MR) is 91.6 cm³/mol. The molecule has 3 aromatic rings. The molecule has 0 bridgehead atoms. The number of aromatic hydroxyl groups is 1. The lowest BCUT2D eigenvalue weighted by Gasteiger charge is -2.06. The van der Waals surface area contributed by atoms with Gasteiger partial charge in [-0.05, 0) is 54.0 Å². The number of phenols is 1. The Morgan fingerprint density at radius 3 is 2.91 bits per heavy atom. The summed E-state index contributed by atoms with van der Waals surface area (Å²) in [5.74, 6) is 0.890. The average Bonchev–Trinajstić information content (AvgIpc) is 2.90. The lowest BCUT2D eigenvalue weighted by molar-refractivity contribution is 0.475. The maximum absolute atomic E-state index is 12.6. The number of allylic oxidation sites excluding steroid dienone is 1. The van der Waals surface area contributed by atoms with Crippen LogP contribution >= 0.6 is 11.6 Å². The Morgan fingerprint density at radius 1 is 1.22 bits per heavy atom. The van der Waals surface area contributed by atoms with Gasteiger partial charge in [-0.2, -0.15) is 0 Å². The average molecular weight is 325 g/mol. The van der Waals surface area contributed by atoms with Gasteiger partial charge in [-0.15, -0.1) is 0 Å². The van der Waals surface area contributed by atoms with Crippen molar-refractivity contribution in [3.63, 3.8) is 0 Å². The smallest absolute Gasteiger partial charge is 0.261 e. The second-order valence-electron chi connectivity index (χ2n) is 5.57. The molecule has 1 aromatic heterocycles. The molecule has 0 saturated heterocycles. The highest BCUT2D eigenvalue weighted by atomic mass is 35.5. The lowest BCUT2D eigenvalue weighted by Crippen LogP contribution is -2.20. The molecule has 4 nitrogen and oxygen atoms in total. The van der Waals surface area contributed by atoms with Gasteiger partial charge >= 0.3 is 0 Å². The Hall–Kier alpha value is -2.59. The number of benzene rings is 2. The van der Waals surface area contributed by atoms with E-state index in [0.717, 1.165) is 17.6 Å². The minimum Gasteiger partial charge on any atom is -0.508 e. The van der Waals surface area contributed by atoms with Crippen molar-refractivity contribution in [2.75, 3.05) is 0 Å². The zero-order valence-corrected chi connectivity index (χ0v) is 12.9. The van der Waals surface area contributed by atoms with Crippen molar-refractivity contribution in [2.24, 2.45) is 0 Å². The minimum absolute atomic E-state index is 0.0408. The van der Waals surface area contributed by atoms with Gasteiger partial charge in [0.1, 0.15) is 11.6 Å². The van der Waals surface area contributed by atoms with Crippen LogP contribution in [0.15, 0.2) is 47.3 Å². The summed E-state index contributed by atoms with van der Waals surface area (Å²) in [6.45, 7) is 0.615. The molecule has 1 aliphatic rings. The van der Waals surface area contributed by atoms with E-state index in [1.165, 1.54) is 0 Å². The van der Waals surface area contributed by atoms with Gasteiger partial charge in [-0.3, -0.25) is 9.36 Å². The molecule has 1 aliphatic heterocycles. The Bertz CT molecular complexity index is 1020. The number of hydrogen-bond acceptors (Lipinski definition) is 3. The molecule has 0 saturated carbocycles. The Morgan fingerprint density at radius 2 is 2.09 bits per heavy atom. The molecule has 1 N–H and O–H groups in total. The first kappa shape index (κ1) is 14.0. The van der Waals surface area contributed by atoms with Crippen LogP contribution in [0, 0.1) is 0 Å². The van der Waals surface area contributed by atoms with Crippen LogP contribution in [0.25, 0.3) is 22.6 Å². The summed E-state index contributed by atoms with van der Waals surface area (Å²) in [6, 6.07) is 12.1. The van der Waals surface area contributed by atoms with Gasteiger partial charge in [-0.1, -0.05) is 23.7 Å². The molecule has 23 heavy (non-hydrogen) atoms. The van der Waals surface area contributed by atoms with Crippen LogP contribution in [-0.2, 0) is 6.54 Å². The van der Waals surface area contributed by atoms with E-state index >= 15 is 0 Å². The van der Waals surface area contributed by atoms with Crippen molar-refractivity contribution in [3.8, 4) is 5.75 Å². The Kier molecular flexibility index (Phi) is 3.20. The van der Waals surface area contributed by atoms with E-state index in [0.29, 0.717) is 28.3 Å². The highest BCUT2D eigenvalue weighted by Gasteiger charge is 2.20. The maximum atomic E-state index is 12.6. The fourth-order valence-electron chi connectivity index (χ4n) is 2.94. The van der Waals surface area contributed by atoms with Gasteiger partial charge < -0.3 is 5.11 Å². The maximum Gasteiger partial charge on any atom is 0.261 e. The quantitative estimate of drug-likeness (QED) is 0.742. The summed E-state index contributed by atoms with van der Waals surface area (Å²) in [6.07, 6.45) is 2.70. The first-order chi connectivity index (χ1) is 11.1. The second kappa shape index (κ2) is 5.25. The molecule has 0 unspecified atom stereocenters. The van der Waals surface area contributed by atoms with Crippen LogP contribution in [0.4, 0.5) is 0 Å². The van der Waals surface area contributed by atoms with Gasteiger partial charge in [0.05, 0.1) is 10.9 Å². The van der Waals surface area contributed by atoms with E-state index < -0.39 is 0 Å². The summed E-state index contributed by atoms with van der Waals surface area (Å²) in [7, 11) is 0. The van der Waals surface area contributed by atoms with Gasteiger partial charge in [0, 0.05) is 11.6 Å². The normalized spacial score (nSPS) is 15.3. The third-order valence-electron chi connectivity index (χ3n) is 4.02. The molecule has 0 radical (unpaired) electrons. The molecular formula is C18H13ClN2O2. The van der Waals surface area contributed by atoms with Crippen LogP contribution < -0.4 is 5.56 Å². The second-order valence-corrected chi connectivity index (χ2v) is 6.00. The van der Waals surface area contributed by atoms with Gasteiger partial charge in [0.2, 0.25) is 0 Å². The van der Waals surface area contributed by atoms with Crippen molar-refractivity contribution < 1.29 is 5.11 Å². The largest absolute Gasteiger partial charge is 0.508 e. The summed E-state index contributed by atoms with van der Waals surface area (Å²) in [5.41, 5.74) is 2.43. The lowest BCUT2D eigenvalue weighted by atomic mass is 10.1. The third kappa shape index (κ3) is 2.41. The van der Waals surface area contributed by atoms with Crippen molar-refractivity contribution in [1.82, 2.24) is 9.55 Å². The highest BCUT2D eigenvalue weighted by molar-refractivity contribution is 6.31. The minimum atomic E-state index is -0.0408. The summed E-state index contributed by atoms with van der Waals surface area (Å²) < 4.78 is 1.70. The number of hydrogen-bond donors (Lipinski definition) is 1. The highest BCUT2D eigenvalue weighted by Crippen LogP contribution is 2.28. The standard InChI is InChI=1S/C18H13ClN2O2/c19-13-4-5-15-16(10-13)20-17-12(6-7-21(17)18(15)23)8-11-2-1-3-14(22)9-11/h1-5,8-10,22H,6-7H2/b12-8-. The van der Waals surface area contributed by atoms with Crippen LogP contribution in [0.3, 0.4) is 0 Å². The summed E-state index contributed by atoms with van der Waals surface area (Å²) in [5, 5.41) is 10.7. The predicted octanol–water partition coefficient (Wildman–Crippen LogP) is 3.70. The van der Waals surface area contributed by atoms with Crippen LogP contribution in [-0.4, -0.2) is 14.7 Å². The molecular weight excluding hydrogens is 312 g/mol. The SMILES string of the molecule is O=c1c2ccc(Cl)cc2nc2n1CC/C2=C/c1cccc(O)c1. The summed E-state index contributed by atoms with van der Waals surface area (Å²) in [4.78, 5) is 17.2. The van der Waals surface area contributed by atoms with Crippen LogP contribution in [0.5, 0.6) is 5.75 Å². The van der Waals surface area contributed by atoms with Crippen molar-refractivity contribution >= 4 is 34.2 Å². The Labute approximate surface area is 137 Å². The number of rotatable bonds is 1. The van der Waals surface area contributed by atoms with Gasteiger partial charge in [-0.25, -0.2) is 4.98 Å². The molecule has 0 amide bonds. The van der Waals surface area contributed by atoms with Gasteiger partial charge in [0.25, 0.3) is 5.56 Å². The molecule has 0 atom stereocenters. The topological polar surface area (TPSA) is 55.1 Å². The van der Waals surface area contributed by atoms with E-state index in [9.17, 15) is 9.90 Å². The molecule has 5 heteroatoms. The fourth-order valence-corrected chi connectivity index (χ4v) is 3.11. The molecule has 2 aromatic carbocycles. The molecule has 0 fully saturated rings. The zero-order valence-electron chi connectivity index (χ0n) is 12.2. The van der Waals surface area contributed by atoms with Gasteiger partial charge in [0.15, 0.2) is 0 Å². The Balaban J connectivity index is 1.91. The molecule has 2 heterocycles. The fraction of sp³-hybridized carbons (Fsp3) is 0.111. The molecule has 4 rings (SSSR count). The van der Waals surface area contributed by atoms with E-state index in [2.05, 4.69) is 4.98 Å². The number of fused-ring (bicyclic) bond motifs is 2. The first-order valence-corrected chi connectivity index (χ1v) is 7.70. The first-order valence-electron chi connectivity index (χ1n) is 7.32. The van der Waals surface area contributed by atoms with E-state index in [1.54, 1.807) is 41.0 Å². The molecule has 0 aliphatic carbocycles. The number of phenolic OH excluding ortho intramolecular Hbond substituents is 1. The molecule has 114 valence electrons. The number of aromatic nitrogens is 2. The van der Waals surface area contributed by atoms with Crippen LogP contribution in [0.1, 0.15) is 17.8 Å². The van der Waals surface area contributed by atoms with E-state index in [1.807, 2.05) is 12.1 Å². The third-order valence-corrected chi connectivity index (χ3v) is 4.26.